The van der Waals surface area contributed by atoms with E-state index >= 15 is 0 Å². The summed E-state index contributed by atoms with van der Waals surface area (Å²) in [5, 5.41) is 13.0. The Bertz CT molecular complexity index is 318. The molecule has 14 heavy (non-hydrogen) atoms. The quantitative estimate of drug-likeness (QED) is 0.716. The molecule has 78 valence electrons. The second-order valence-electron chi connectivity index (χ2n) is 3.78. The Morgan fingerprint density at radius 3 is 2.93 bits per heavy atom. The van der Waals surface area contributed by atoms with Gasteiger partial charge in [-0.3, -0.25) is 0 Å². The van der Waals surface area contributed by atoms with Crippen LogP contribution in [0.5, 0.6) is 5.88 Å². The summed E-state index contributed by atoms with van der Waals surface area (Å²) in [5.41, 5.74) is 5.44. The summed E-state index contributed by atoms with van der Waals surface area (Å²) in [6, 6.07) is 1.73. The van der Waals surface area contributed by atoms with Crippen LogP contribution in [0.4, 0.5) is 0 Å². The number of aliphatic hydroxyl groups excluding tert-OH is 1. The topological polar surface area (TPSA) is 81.5 Å². The predicted octanol–water partition coefficient (Wildman–Crippen LogP) is 0.0344. The van der Waals surface area contributed by atoms with E-state index in [4.69, 9.17) is 15.0 Å². The lowest BCUT2D eigenvalue weighted by molar-refractivity contribution is 0.00865. The second-order valence-corrected chi connectivity index (χ2v) is 3.78. The van der Waals surface area contributed by atoms with E-state index in [1.807, 2.05) is 0 Å². The lowest BCUT2D eigenvalue weighted by Gasteiger charge is -2.42. The maximum Gasteiger partial charge on any atom is 0.254 e. The van der Waals surface area contributed by atoms with Gasteiger partial charge in [0, 0.05) is 18.0 Å². The molecule has 1 fully saturated rings. The number of hydrogen-bond donors (Lipinski definition) is 2. The Morgan fingerprint density at radius 2 is 2.50 bits per heavy atom. The van der Waals surface area contributed by atoms with E-state index in [2.05, 4.69) is 5.16 Å². The predicted molar refractivity (Wildman–Crippen MR) is 49.0 cm³/mol. The molecule has 0 amide bonds. The van der Waals surface area contributed by atoms with Gasteiger partial charge in [0.2, 0.25) is 0 Å². The van der Waals surface area contributed by atoms with Gasteiger partial charge in [-0.2, -0.15) is 0 Å². The first-order chi connectivity index (χ1) is 6.70. The smallest absolute Gasteiger partial charge is 0.254 e. The lowest BCUT2D eigenvalue weighted by Crippen LogP contribution is -2.49. The van der Waals surface area contributed by atoms with Gasteiger partial charge in [0.1, 0.15) is 5.76 Å². The molecule has 1 saturated carbocycles. The van der Waals surface area contributed by atoms with Crippen molar-refractivity contribution < 1.29 is 14.4 Å². The van der Waals surface area contributed by atoms with E-state index in [0.717, 1.165) is 0 Å². The van der Waals surface area contributed by atoms with Gasteiger partial charge in [0.15, 0.2) is 0 Å². The minimum absolute atomic E-state index is 0.233. The van der Waals surface area contributed by atoms with Crippen LogP contribution in [0.3, 0.4) is 0 Å². The maximum absolute atomic E-state index is 9.29. The molecule has 0 saturated heterocycles. The molecule has 1 aromatic heterocycles. The summed E-state index contributed by atoms with van der Waals surface area (Å²) in [5.74, 6) is 1.16. The highest BCUT2D eigenvalue weighted by molar-refractivity contribution is 5.24. The van der Waals surface area contributed by atoms with Crippen LogP contribution < -0.4 is 10.5 Å². The van der Waals surface area contributed by atoms with Crippen molar-refractivity contribution >= 4 is 0 Å². The first-order valence-electron chi connectivity index (χ1n) is 4.59. The van der Waals surface area contributed by atoms with E-state index in [-0.39, 0.29) is 11.5 Å². The number of rotatable bonds is 3. The summed E-state index contributed by atoms with van der Waals surface area (Å²) < 4.78 is 10.1. The molecule has 0 unspecified atom stereocenters. The van der Waals surface area contributed by atoms with Gasteiger partial charge in [0.25, 0.3) is 5.88 Å². The zero-order valence-corrected chi connectivity index (χ0v) is 8.06. The summed E-state index contributed by atoms with van der Waals surface area (Å²) in [6.07, 6.45) is 1.01. The molecule has 0 aliphatic heterocycles. The largest absolute Gasteiger partial charge is 0.479 e. The van der Waals surface area contributed by atoms with Crippen LogP contribution in [0.15, 0.2) is 10.6 Å². The Kier molecular flexibility index (Phi) is 2.20. The molecule has 0 bridgehead atoms. The fraction of sp³-hybridized carbons (Fsp3) is 0.667. The highest BCUT2D eigenvalue weighted by Gasteiger charge is 2.47. The van der Waals surface area contributed by atoms with Gasteiger partial charge in [-0.15, -0.1) is 0 Å². The van der Waals surface area contributed by atoms with E-state index in [1.165, 1.54) is 7.11 Å². The Labute approximate surface area is 81.8 Å². The summed E-state index contributed by atoms with van der Waals surface area (Å²) in [6.45, 7) is 0.461. The fourth-order valence-electron chi connectivity index (χ4n) is 1.92. The molecule has 0 aromatic carbocycles. The summed E-state index contributed by atoms with van der Waals surface area (Å²) >= 11 is 0. The number of ether oxygens (including phenoxy) is 1. The molecule has 3 N–H and O–H groups in total. The van der Waals surface area contributed by atoms with Gasteiger partial charge in [0.05, 0.1) is 13.2 Å². The van der Waals surface area contributed by atoms with Crippen molar-refractivity contribution in [2.24, 2.45) is 5.73 Å². The van der Waals surface area contributed by atoms with Crippen LogP contribution in [0, 0.1) is 0 Å². The highest BCUT2D eigenvalue weighted by Crippen LogP contribution is 2.43. The van der Waals surface area contributed by atoms with Gasteiger partial charge in [-0.05, 0) is 18.0 Å². The third-order valence-corrected chi connectivity index (χ3v) is 2.86. The standard InChI is InChI=1S/C9H14N2O3/c1-13-8-2-7(14-11-8)9(5-10)3-6(12)4-9/h2,6,12H,3-5,10H2,1H3. The van der Waals surface area contributed by atoms with E-state index < -0.39 is 0 Å². The Balaban J connectivity index is 2.20. The van der Waals surface area contributed by atoms with Crippen LogP contribution in [0.2, 0.25) is 0 Å². The molecule has 1 aliphatic carbocycles. The molecular weight excluding hydrogens is 184 g/mol. The van der Waals surface area contributed by atoms with Gasteiger partial charge < -0.3 is 20.1 Å². The number of aromatic nitrogens is 1. The summed E-state index contributed by atoms with van der Waals surface area (Å²) in [7, 11) is 1.53. The van der Waals surface area contributed by atoms with Crippen molar-refractivity contribution in [1.82, 2.24) is 5.16 Å². The molecule has 0 spiro atoms. The van der Waals surface area contributed by atoms with Gasteiger partial charge in [-0.25, -0.2) is 0 Å². The zero-order chi connectivity index (χ0) is 10.2. The SMILES string of the molecule is COc1cc(C2(CN)CC(O)C2)on1. The first kappa shape index (κ1) is 9.48. The van der Waals surface area contributed by atoms with Crippen molar-refractivity contribution in [2.45, 2.75) is 24.4 Å². The van der Waals surface area contributed by atoms with E-state index in [9.17, 15) is 5.11 Å². The minimum atomic E-state index is -0.269. The van der Waals surface area contributed by atoms with Crippen molar-refractivity contribution in [1.29, 1.82) is 0 Å². The van der Waals surface area contributed by atoms with Crippen molar-refractivity contribution in [3.63, 3.8) is 0 Å². The Morgan fingerprint density at radius 1 is 1.79 bits per heavy atom. The van der Waals surface area contributed by atoms with E-state index in [0.29, 0.717) is 31.0 Å². The summed E-state index contributed by atoms with van der Waals surface area (Å²) in [4.78, 5) is 0. The average Bonchev–Trinajstić information content (AvgIpc) is 2.61. The monoisotopic (exact) mass is 198 g/mol. The first-order valence-corrected chi connectivity index (χ1v) is 4.59. The molecule has 0 atom stereocenters. The Hall–Kier alpha value is -1.07. The number of hydrogen-bond acceptors (Lipinski definition) is 5. The lowest BCUT2D eigenvalue weighted by atomic mass is 9.65. The van der Waals surface area contributed by atoms with Crippen LogP contribution in [-0.4, -0.2) is 30.0 Å². The second kappa shape index (κ2) is 3.25. The molecule has 1 heterocycles. The molecule has 1 aromatic rings. The average molecular weight is 198 g/mol. The third-order valence-electron chi connectivity index (χ3n) is 2.86. The van der Waals surface area contributed by atoms with Gasteiger partial charge >= 0.3 is 0 Å². The zero-order valence-electron chi connectivity index (χ0n) is 8.06. The molecule has 2 rings (SSSR count). The molecule has 5 heteroatoms. The number of nitrogens with two attached hydrogens (primary N) is 1. The normalized spacial score (nSPS) is 31.2. The maximum atomic E-state index is 9.29. The van der Waals surface area contributed by atoms with Gasteiger partial charge in [-0.1, -0.05) is 0 Å². The molecule has 1 aliphatic rings. The molecule has 0 radical (unpaired) electrons. The highest BCUT2D eigenvalue weighted by atomic mass is 16.5. The fourth-order valence-corrected chi connectivity index (χ4v) is 1.92. The number of methoxy groups -OCH3 is 1. The number of nitrogens with zero attached hydrogens (tertiary/aromatic N) is 1. The van der Waals surface area contributed by atoms with E-state index in [1.54, 1.807) is 6.07 Å². The van der Waals surface area contributed by atoms with Crippen LogP contribution in [-0.2, 0) is 5.41 Å². The molecular formula is C9H14N2O3. The van der Waals surface area contributed by atoms with Crippen molar-refractivity contribution in [3.8, 4) is 5.88 Å². The van der Waals surface area contributed by atoms with Crippen molar-refractivity contribution in [3.05, 3.63) is 11.8 Å². The molecule has 5 nitrogen and oxygen atoms in total. The minimum Gasteiger partial charge on any atom is -0.479 e. The van der Waals surface area contributed by atoms with Crippen LogP contribution in [0.25, 0.3) is 0 Å². The third kappa shape index (κ3) is 1.29. The van der Waals surface area contributed by atoms with Crippen molar-refractivity contribution in [2.75, 3.05) is 13.7 Å². The van der Waals surface area contributed by atoms with Crippen LogP contribution >= 0.6 is 0 Å². The number of aliphatic hydroxyl groups is 1. The van der Waals surface area contributed by atoms with Crippen LogP contribution in [0.1, 0.15) is 18.6 Å².